The number of para-hydroxylation sites is 1. The lowest BCUT2D eigenvalue weighted by molar-refractivity contribution is -0.145. The van der Waals surface area contributed by atoms with Gasteiger partial charge in [0.05, 0.1) is 29.7 Å². The van der Waals surface area contributed by atoms with Gasteiger partial charge in [0.15, 0.2) is 0 Å². The minimum atomic E-state index is -0.856. The summed E-state index contributed by atoms with van der Waals surface area (Å²) in [6.45, 7) is 4.05. The number of anilines is 1. The Morgan fingerprint density at radius 2 is 1.45 bits per heavy atom. The van der Waals surface area contributed by atoms with Crippen molar-refractivity contribution in [3.05, 3.63) is 101 Å². The van der Waals surface area contributed by atoms with Crippen LogP contribution in [-0.4, -0.2) is 84.3 Å². The molecule has 0 spiro atoms. The lowest BCUT2D eigenvalue weighted by atomic mass is 9.96. The molecular weight excluding hydrogens is 526 g/mol. The Hall–Kier alpha value is -3.72. The van der Waals surface area contributed by atoms with Gasteiger partial charge in [0.25, 0.3) is 0 Å². The van der Waals surface area contributed by atoms with Crippen LogP contribution in [0.25, 0.3) is 0 Å². The first-order valence-corrected chi connectivity index (χ1v) is 14.1. The molecule has 0 aromatic heterocycles. The number of nitrogens with zero attached hydrogens (tertiary/aromatic N) is 3. The number of amides is 3. The van der Waals surface area contributed by atoms with E-state index < -0.39 is 6.04 Å². The third kappa shape index (κ3) is 6.70. The van der Waals surface area contributed by atoms with Crippen LogP contribution in [0.3, 0.4) is 0 Å². The first-order valence-electron chi connectivity index (χ1n) is 13.7. The molecular formula is C31H34ClN5O3. The molecule has 1 atom stereocenters. The van der Waals surface area contributed by atoms with Gasteiger partial charge in [0.2, 0.25) is 17.7 Å². The summed E-state index contributed by atoms with van der Waals surface area (Å²) in [5, 5.41) is 5.96. The van der Waals surface area contributed by atoms with Gasteiger partial charge < -0.3 is 15.5 Å². The van der Waals surface area contributed by atoms with E-state index in [9.17, 15) is 14.4 Å². The molecule has 2 heterocycles. The van der Waals surface area contributed by atoms with Crippen LogP contribution in [0, 0.1) is 0 Å². The quantitative estimate of drug-likeness (QED) is 0.442. The van der Waals surface area contributed by atoms with Crippen molar-refractivity contribution in [2.75, 3.05) is 51.1 Å². The van der Waals surface area contributed by atoms with E-state index in [2.05, 4.69) is 69.0 Å². The summed E-state index contributed by atoms with van der Waals surface area (Å²) in [6, 6.07) is 27.2. The van der Waals surface area contributed by atoms with E-state index in [4.69, 9.17) is 11.6 Å². The van der Waals surface area contributed by atoms with Gasteiger partial charge in [0, 0.05) is 39.3 Å². The number of benzene rings is 3. The Labute approximate surface area is 239 Å². The first-order chi connectivity index (χ1) is 19.5. The number of carbonyl (C=O) groups is 3. The SMILES string of the molecule is O=C(C[C@H]1C(=O)NCCN1C(=O)CN1CCN(C(c2ccccc2)c2ccccc2)CC1)Nc1ccccc1Cl. The van der Waals surface area contributed by atoms with E-state index in [1.165, 1.54) is 11.1 Å². The van der Waals surface area contributed by atoms with Crippen LogP contribution in [0.2, 0.25) is 5.02 Å². The molecule has 2 N–H and O–H groups in total. The van der Waals surface area contributed by atoms with E-state index in [1.807, 2.05) is 12.1 Å². The van der Waals surface area contributed by atoms with Crippen molar-refractivity contribution in [1.82, 2.24) is 20.0 Å². The fourth-order valence-electron chi connectivity index (χ4n) is 5.50. The Bertz CT molecular complexity index is 1280. The molecule has 3 aromatic carbocycles. The molecule has 208 valence electrons. The second-order valence-electron chi connectivity index (χ2n) is 10.2. The van der Waals surface area contributed by atoms with Gasteiger partial charge in [-0.2, -0.15) is 0 Å². The molecule has 0 aliphatic carbocycles. The summed E-state index contributed by atoms with van der Waals surface area (Å²) in [7, 11) is 0. The summed E-state index contributed by atoms with van der Waals surface area (Å²) < 4.78 is 0. The zero-order valence-electron chi connectivity index (χ0n) is 22.3. The maximum Gasteiger partial charge on any atom is 0.243 e. The molecule has 8 nitrogen and oxygen atoms in total. The molecule has 3 amide bonds. The lowest BCUT2D eigenvalue weighted by Gasteiger charge is -2.41. The van der Waals surface area contributed by atoms with Gasteiger partial charge in [-0.3, -0.25) is 24.2 Å². The smallest absolute Gasteiger partial charge is 0.243 e. The topological polar surface area (TPSA) is 85.0 Å². The molecule has 0 bridgehead atoms. The second-order valence-corrected chi connectivity index (χ2v) is 10.6. The summed E-state index contributed by atoms with van der Waals surface area (Å²) in [5.74, 6) is -0.816. The monoisotopic (exact) mass is 559 g/mol. The van der Waals surface area contributed by atoms with Crippen LogP contribution >= 0.6 is 11.6 Å². The molecule has 0 unspecified atom stereocenters. The zero-order valence-corrected chi connectivity index (χ0v) is 23.1. The Balaban J connectivity index is 1.20. The molecule has 2 saturated heterocycles. The average Bonchev–Trinajstić information content (AvgIpc) is 2.97. The Kier molecular flexibility index (Phi) is 9.11. The van der Waals surface area contributed by atoms with Gasteiger partial charge in [-0.25, -0.2) is 0 Å². The van der Waals surface area contributed by atoms with Crippen molar-refractivity contribution in [1.29, 1.82) is 0 Å². The van der Waals surface area contributed by atoms with Crippen molar-refractivity contribution in [2.45, 2.75) is 18.5 Å². The zero-order chi connectivity index (χ0) is 27.9. The molecule has 0 saturated carbocycles. The van der Waals surface area contributed by atoms with E-state index in [0.717, 1.165) is 26.2 Å². The van der Waals surface area contributed by atoms with Crippen molar-refractivity contribution in [3.63, 3.8) is 0 Å². The Morgan fingerprint density at radius 3 is 2.08 bits per heavy atom. The Morgan fingerprint density at radius 1 is 0.850 bits per heavy atom. The molecule has 5 rings (SSSR count). The van der Waals surface area contributed by atoms with Crippen LogP contribution < -0.4 is 10.6 Å². The molecule has 0 radical (unpaired) electrons. The van der Waals surface area contributed by atoms with E-state index in [1.54, 1.807) is 29.2 Å². The number of hydrogen-bond acceptors (Lipinski definition) is 5. The fraction of sp³-hybridized carbons (Fsp3) is 0.323. The second kappa shape index (κ2) is 13.1. The predicted molar refractivity (Wildman–Crippen MR) is 156 cm³/mol. The molecule has 2 aliphatic heterocycles. The van der Waals surface area contributed by atoms with Crippen LogP contribution in [0.1, 0.15) is 23.6 Å². The molecule has 9 heteroatoms. The summed E-state index contributed by atoms with van der Waals surface area (Å²) >= 11 is 6.16. The van der Waals surface area contributed by atoms with Gasteiger partial charge in [-0.1, -0.05) is 84.4 Å². The van der Waals surface area contributed by atoms with Crippen LogP contribution in [0.4, 0.5) is 5.69 Å². The molecule has 2 fully saturated rings. The summed E-state index contributed by atoms with van der Waals surface area (Å²) in [5.41, 5.74) is 2.97. The maximum atomic E-state index is 13.4. The van der Waals surface area contributed by atoms with Gasteiger partial charge >= 0.3 is 0 Å². The highest BCUT2D eigenvalue weighted by Crippen LogP contribution is 2.29. The highest BCUT2D eigenvalue weighted by atomic mass is 35.5. The molecule has 2 aliphatic rings. The third-order valence-electron chi connectivity index (χ3n) is 7.54. The predicted octanol–water partition coefficient (Wildman–Crippen LogP) is 3.40. The largest absolute Gasteiger partial charge is 0.353 e. The van der Waals surface area contributed by atoms with Crippen molar-refractivity contribution in [2.24, 2.45) is 0 Å². The number of nitrogens with one attached hydrogen (secondary N) is 2. The lowest BCUT2D eigenvalue weighted by Crippen LogP contribution is -2.60. The highest BCUT2D eigenvalue weighted by molar-refractivity contribution is 6.33. The third-order valence-corrected chi connectivity index (χ3v) is 7.87. The number of rotatable bonds is 8. The van der Waals surface area contributed by atoms with E-state index in [-0.39, 0.29) is 36.7 Å². The van der Waals surface area contributed by atoms with Gasteiger partial charge in [-0.15, -0.1) is 0 Å². The van der Waals surface area contributed by atoms with E-state index in [0.29, 0.717) is 23.8 Å². The number of hydrogen-bond donors (Lipinski definition) is 2. The molecule has 3 aromatic rings. The summed E-state index contributed by atoms with van der Waals surface area (Å²) in [6.07, 6.45) is -0.133. The minimum absolute atomic E-state index is 0.133. The van der Waals surface area contributed by atoms with Crippen LogP contribution in [0.15, 0.2) is 84.9 Å². The van der Waals surface area contributed by atoms with Crippen LogP contribution in [0.5, 0.6) is 0 Å². The van der Waals surface area contributed by atoms with Crippen molar-refractivity contribution in [3.8, 4) is 0 Å². The highest BCUT2D eigenvalue weighted by Gasteiger charge is 2.36. The normalized spacial score (nSPS) is 18.4. The van der Waals surface area contributed by atoms with E-state index >= 15 is 0 Å². The number of carbonyl (C=O) groups excluding carboxylic acids is 3. The average molecular weight is 560 g/mol. The van der Waals surface area contributed by atoms with Gasteiger partial charge in [0.1, 0.15) is 6.04 Å². The number of piperazine rings is 2. The number of halogens is 1. The van der Waals surface area contributed by atoms with Crippen LogP contribution in [-0.2, 0) is 14.4 Å². The van der Waals surface area contributed by atoms with Crippen molar-refractivity contribution < 1.29 is 14.4 Å². The minimum Gasteiger partial charge on any atom is -0.353 e. The first kappa shape index (κ1) is 27.8. The molecule has 40 heavy (non-hydrogen) atoms. The fourth-order valence-corrected chi connectivity index (χ4v) is 5.69. The maximum absolute atomic E-state index is 13.4. The summed E-state index contributed by atoms with van der Waals surface area (Å²) in [4.78, 5) is 45.0. The standard InChI is InChI=1S/C31H34ClN5O3/c32-25-13-7-8-14-26(25)34-28(38)21-27-31(40)33-15-16-37(27)29(39)22-35-17-19-36(20-18-35)30(23-9-3-1-4-10-23)24-11-5-2-6-12-24/h1-14,27,30H,15-22H2,(H,33,40)(H,34,38)/t27-/m0/s1. The van der Waals surface area contributed by atoms with Gasteiger partial charge in [-0.05, 0) is 23.3 Å². The van der Waals surface area contributed by atoms with Crippen molar-refractivity contribution >= 4 is 35.0 Å².